The highest BCUT2D eigenvalue weighted by Gasteiger charge is 2.19. The van der Waals surface area contributed by atoms with Crippen LogP contribution in [0.2, 0.25) is 0 Å². The van der Waals surface area contributed by atoms with E-state index < -0.39 is 4.92 Å². The number of anilines is 1. The molecule has 1 aliphatic rings. The summed E-state index contributed by atoms with van der Waals surface area (Å²) in [5, 5.41) is 14.0. The number of carbonyl (C=O) groups is 1. The number of likely N-dealkylation sites (tertiary alicyclic amines) is 1. The number of hydrogen-bond donors (Lipinski definition) is 1. The quantitative estimate of drug-likeness (QED) is 0.651. The Kier molecular flexibility index (Phi) is 4.69. The topological polar surface area (TPSA) is 88.4 Å². The molecule has 1 saturated heterocycles. The molecular formula is C17H18N4O3. The number of rotatable bonds is 6. The Balaban J connectivity index is 1.60. The largest absolute Gasteiger partial charge is 0.360 e. The highest BCUT2D eigenvalue weighted by molar-refractivity contribution is 5.78. The average Bonchev–Trinajstić information content (AvgIpc) is 2.99. The van der Waals surface area contributed by atoms with Gasteiger partial charge in [-0.15, -0.1) is 0 Å². The van der Waals surface area contributed by atoms with Crippen LogP contribution in [0.1, 0.15) is 24.0 Å². The smallest absolute Gasteiger partial charge is 0.311 e. The van der Waals surface area contributed by atoms with Gasteiger partial charge in [0, 0.05) is 38.3 Å². The highest BCUT2D eigenvalue weighted by Crippen LogP contribution is 2.21. The molecule has 1 aliphatic heterocycles. The number of carbonyl (C=O) groups excluding carboxylic acids is 1. The predicted octanol–water partition coefficient (Wildman–Crippen LogP) is 2.72. The van der Waals surface area contributed by atoms with Gasteiger partial charge in [-0.3, -0.25) is 14.9 Å². The molecule has 1 aromatic heterocycles. The Morgan fingerprint density at radius 3 is 2.62 bits per heavy atom. The second-order valence-electron chi connectivity index (χ2n) is 5.72. The average molecular weight is 326 g/mol. The molecule has 0 unspecified atom stereocenters. The van der Waals surface area contributed by atoms with Gasteiger partial charge in [0.1, 0.15) is 0 Å². The summed E-state index contributed by atoms with van der Waals surface area (Å²) < 4.78 is 0. The molecule has 24 heavy (non-hydrogen) atoms. The second kappa shape index (κ2) is 7.08. The Labute approximate surface area is 139 Å². The Morgan fingerprint density at radius 2 is 1.96 bits per heavy atom. The first-order valence-corrected chi connectivity index (χ1v) is 7.82. The van der Waals surface area contributed by atoms with Crippen molar-refractivity contribution >= 4 is 17.4 Å². The molecule has 0 saturated carbocycles. The second-order valence-corrected chi connectivity index (χ2v) is 5.72. The maximum absolute atomic E-state index is 11.6. The number of nitro groups is 1. The SMILES string of the molecule is O=C1CCCN1Cc1ccc(CNc2ncccc2[N+](=O)[O-])cc1. The van der Waals surface area contributed by atoms with Crippen LogP contribution in [0, 0.1) is 10.1 Å². The molecule has 0 aliphatic carbocycles. The zero-order valence-corrected chi connectivity index (χ0v) is 13.1. The fraction of sp³-hybridized carbons (Fsp3) is 0.294. The van der Waals surface area contributed by atoms with E-state index >= 15 is 0 Å². The molecule has 1 aromatic carbocycles. The standard InChI is InChI=1S/C17H18N4O3/c22-16-4-2-10-20(16)12-14-7-5-13(6-8-14)11-19-17-15(21(23)24)3-1-9-18-17/h1,3,5-9H,2,4,10-12H2,(H,18,19). The summed E-state index contributed by atoms with van der Waals surface area (Å²) in [6, 6.07) is 10.8. The summed E-state index contributed by atoms with van der Waals surface area (Å²) in [4.78, 5) is 28.0. The third kappa shape index (κ3) is 3.68. The van der Waals surface area contributed by atoms with Crippen LogP contribution < -0.4 is 5.32 Å². The van der Waals surface area contributed by atoms with Gasteiger partial charge in [-0.2, -0.15) is 0 Å². The molecule has 7 heteroatoms. The third-order valence-corrected chi connectivity index (χ3v) is 4.01. The van der Waals surface area contributed by atoms with Crippen LogP contribution in [0.15, 0.2) is 42.6 Å². The van der Waals surface area contributed by atoms with E-state index in [1.54, 1.807) is 0 Å². The van der Waals surface area contributed by atoms with Crippen LogP contribution >= 0.6 is 0 Å². The van der Waals surface area contributed by atoms with E-state index in [-0.39, 0.29) is 17.4 Å². The number of amides is 1. The van der Waals surface area contributed by atoms with Crippen LogP contribution in [0.4, 0.5) is 11.5 Å². The zero-order valence-electron chi connectivity index (χ0n) is 13.1. The molecule has 1 N–H and O–H groups in total. The normalized spacial score (nSPS) is 14.0. The van der Waals surface area contributed by atoms with Crippen molar-refractivity contribution in [3.8, 4) is 0 Å². The van der Waals surface area contributed by atoms with Crippen molar-refractivity contribution in [2.45, 2.75) is 25.9 Å². The predicted molar refractivity (Wildman–Crippen MR) is 89.3 cm³/mol. The number of aromatic nitrogens is 1. The van der Waals surface area contributed by atoms with E-state index in [2.05, 4.69) is 10.3 Å². The van der Waals surface area contributed by atoms with Gasteiger partial charge in [0.15, 0.2) is 0 Å². The molecule has 1 fully saturated rings. The van der Waals surface area contributed by atoms with Gasteiger partial charge in [0.25, 0.3) is 0 Å². The minimum atomic E-state index is -0.453. The molecule has 2 heterocycles. The maximum atomic E-state index is 11.6. The van der Waals surface area contributed by atoms with Crippen molar-refractivity contribution in [3.05, 3.63) is 63.8 Å². The van der Waals surface area contributed by atoms with Crippen molar-refractivity contribution in [3.63, 3.8) is 0 Å². The van der Waals surface area contributed by atoms with Gasteiger partial charge >= 0.3 is 5.69 Å². The summed E-state index contributed by atoms with van der Waals surface area (Å²) in [6.07, 6.45) is 3.10. The van der Waals surface area contributed by atoms with E-state index in [1.807, 2.05) is 29.2 Å². The van der Waals surface area contributed by atoms with Gasteiger partial charge < -0.3 is 10.2 Å². The van der Waals surface area contributed by atoms with Crippen LogP contribution in [0.25, 0.3) is 0 Å². The molecule has 2 aromatic rings. The number of hydrogen-bond acceptors (Lipinski definition) is 5. The van der Waals surface area contributed by atoms with Crippen LogP contribution in [-0.2, 0) is 17.9 Å². The fourth-order valence-corrected chi connectivity index (χ4v) is 2.72. The number of pyridine rings is 1. The van der Waals surface area contributed by atoms with Gasteiger partial charge in [-0.1, -0.05) is 24.3 Å². The Hall–Kier alpha value is -2.96. The lowest BCUT2D eigenvalue weighted by molar-refractivity contribution is -0.384. The molecular weight excluding hydrogens is 308 g/mol. The first kappa shape index (κ1) is 15.9. The van der Waals surface area contributed by atoms with Gasteiger partial charge in [-0.05, 0) is 23.6 Å². The van der Waals surface area contributed by atoms with Gasteiger partial charge in [0.05, 0.1) is 4.92 Å². The van der Waals surface area contributed by atoms with Crippen molar-refractivity contribution in [2.24, 2.45) is 0 Å². The zero-order chi connectivity index (χ0) is 16.9. The lowest BCUT2D eigenvalue weighted by Gasteiger charge is -2.15. The van der Waals surface area contributed by atoms with Crippen LogP contribution in [0.5, 0.6) is 0 Å². The van der Waals surface area contributed by atoms with E-state index in [0.717, 1.165) is 24.1 Å². The maximum Gasteiger partial charge on any atom is 0.311 e. The minimum Gasteiger partial charge on any atom is -0.360 e. The van der Waals surface area contributed by atoms with Crippen molar-refractivity contribution in [1.29, 1.82) is 0 Å². The number of benzene rings is 1. The third-order valence-electron chi connectivity index (χ3n) is 4.01. The van der Waals surface area contributed by atoms with Crippen LogP contribution in [0.3, 0.4) is 0 Å². The summed E-state index contributed by atoms with van der Waals surface area (Å²) in [7, 11) is 0. The Morgan fingerprint density at radius 1 is 1.21 bits per heavy atom. The molecule has 0 spiro atoms. The summed E-state index contributed by atoms with van der Waals surface area (Å²) in [5.74, 6) is 0.470. The molecule has 0 bridgehead atoms. The van der Waals surface area contributed by atoms with Crippen molar-refractivity contribution < 1.29 is 9.72 Å². The number of nitrogens with one attached hydrogen (secondary N) is 1. The molecule has 7 nitrogen and oxygen atoms in total. The molecule has 3 rings (SSSR count). The first-order valence-electron chi connectivity index (χ1n) is 7.82. The monoisotopic (exact) mass is 326 g/mol. The van der Waals surface area contributed by atoms with E-state index in [9.17, 15) is 14.9 Å². The van der Waals surface area contributed by atoms with E-state index in [0.29, 0.717) is 19.5 Å². The van der Waals surface area contributed by atoms with Crippen molar-refractivity contribution in [1.82, 2.24) is 9.88 Å². The van der Waals surface area contributed by atoms with Crippen molar-refractivity contribution in [2.75, 3.05) is 11.9 Å². The summed E-state index contributed by atoms with van der Waals surface area (Å²) in [6.45, 7) is 1.91. The number of nitrogens with zero attached hydrogens (tertiary/aromatic N) is 3. The van der Waals surface area contributed by atoms with Gasteiger partial charge in [0.2, 0.25) is 11.7 Å². The summed E-state index contributed by atoms with van der Waals surface area (Å²) >= 11 is 0. The van der Waals surface area contributed by atoms with Crippen LogP contribution in [-0.4, -0.2) is 27.3 Å². The molecule has 0 radical (unpaired) electrons. The Bertz CT molecular complexity index is 746. The van der Waals surface area contributed by atoms with E-state index in [4.69, 9.17) is 0 Å². The van der Waals surface area contributed by atoms with Gasteiger partial charge in [-0.25, -0.2) is 4.98 Å². The molecule has 1 amide bonds. The first-order chi connectivity index (χ1) is 11.6. The molecule has 124 valence electrons. The summed E-state index contributed by atoms with van der Waals surface area (Å²) in [5.41, 5.74) is 2.03. The minimum absolute atomic E-state index is 0.0401. The lowest BCUT2D eigenvalue weighted by Crippen LogP contribution is -2.23. The lowest BCUT2D eigenvalue weighted by atomic mass is 10.1. The molecule has 0 atom stereocenters. The van der Waals surface area contributed by atoms with E-state index in [1.165, 1.54) is 18.3 Å². The fourth-order valence-electron chi connectivity index (χ4n) is 2.72. The highest BCUT2D eigenvalue weighted by atomic mass is 16.6.